The number of nitrogens with one attached hydrogen (secondary N) is 1. The highest BCUT2D eigenvalue weighted by molar-refractivity contribution is 5.72. The zero-order chi connectivity index (χ0) is 16.7. The van der Waals surface area contributed by atoms with Crippen molar-refractivity contribution in [2.45, 2.75) is 45.1 Å². The highest BCUT2D eigenvalue weighted by Gasteiger charge is 2.71. The molecule has 24 heavy (non-hydrogen) atoms. The number of H-pyrrole nitrogens is 1. The Bertz CT molecular complexity index is 983. The highest BCUT2D eigenvalue weighted by Crippen LogP contribution is 2.64. The normalized spacial score (nSPS) is 26.5. The third-order valence-electron chi connectivity index (χ3n) is 6.51. The van der Waals surface area contributed by atoms with Gasteiger partial charge in [0.25, 0.3) is 5.82 Å². The molecule has 2 nitrogen and oxygen atoms in total. The molecule has 1 aromatic heterocycles. The van der Waals surface area contributed by atoms with Crippen molar-refractivity contribution in [2.24, 2.45) is 0 Å². The van der Waals surface area contributed by atoms with Gasteiger partial charge in [0.15, 0.2) is 5.69 Å². The van der Waals surface area contributed by atoms with Crippen molar-refractivity contribution in [2.75, 3.05) is 0 Å². The molecule has 0 saturated heterocycles. The van der Waals surface area contributed by atoms with Crippen LogP contribution in [-0.4, -0.2) is 4.98 Å². The number of rotatable bonds is 1. The minimum absolute atomic E-state index is 0.152. The quantitative estimate of drug-likeness (QED) is 0.631. The number of aromatic nitrogens is 2. The number of benzene rings is 2. The predicted octanol–water partition coefficient (Wildman–Crippen LogP) is 4.64. The number of hydrogen-bond acceptors (Lipinski definition) is 0. The monoisotopic (exact) mass is 315 g/mol. The molecular weight excluding hydrogens is 292 g/mol. The first kappa shape index (κ1) is 14.0. The lowest BCUT2D eigenvalue weighted by Gasteiger charge is -2.27. The summed E-state index contributed by atoms with van der Waals surface area (Å²) in [6.45, 7) is 9.28. The molecule has 1 fully saturated rings. The second-order valence-corrected chi connectivity index (χ2v) is 7.93. The molecule has 120 valence electrons. The third kappa shape index (κ3) is 1.45. The molecule has 2 atom stereocenters. The molecule has 1 aliphatic heterocycles. The van der Waals surface area contributed by atoms with Crippen molar-refractivity contribution in [1.82, 2.24) is 4.98 Å². The Morgan fingerprint density at radius 3 is 2.46 bits per heavy atom. The molecule has 0 bridgehead atoms. The van der Waals surface area contributed by atoms with Crippen LogP contribution >= 0.6 is 0 Å². The minimum atomic E-state index is 0.152. The van der Waals surface area contributed by atoms with Gasteiger partial charge >= 0.3 is 0 Å². The SMILES string of the molecule is Cc1cccc2c1-c1[nH]c(C)c(-c3ccccc3)[n+]1C1(C)CC21C. The van der Waals surface area contributed by atoms with Gasteiger partial charge in [0.05, 0.1) is 5.56 Å². The maximum absolute atomic E-state index is 3.72. The fourth-order valence-corrected chi connectivity index (χ4v) is 4.98. The van der Waals surface area contributed by atoms with Gasteiger partial charge in [-0.2, -0.15) is 0 Å². The van der Waals surface area contributed by atoms with Crippen LogP contribution < -0.4 is 4.57 Å². The van der Waals surface area contributed by atoms with Gasteiger partial charge in [0, 0.05) is 24.3 Å². The fourth-order valence-electron chi connectivity index (χ4n) is 4.98. The van der Waals surface area contributed by atoms with Crippen LogP contribution in [0.15, 0.2) is 48.5 Å². The average molecular weight is 315 g/mol. The van der Waals surface area contributed by atoms with Crippen LogP contribution in [0.5, 0.6) is 0 Å². The Kier molecular flexibility index (Phi) is 2.45. The highest BCUT2D eigenvalue weighted by atomic mass is 15.2. The molecule has 2 heteroatoms. The van der Waals surface area contributed by atoms with Crippen molar-refractivity contribution < 1.29 is 4.57 Å². The summed E-state index contributed by atoms with van der Waals surface area (Å²) in [5, 5.41) is 0. The van der Waals surface area contributed by atoms with Crippen molar-refractivity contribution >= 4 is 0 Å². The molecule has 0 radical (unpaired) electrons. The van der Waals surface area contributed by atoms with Crippen LogP contribution in [0.3, 0.4) is 0 Å². The summed E-state index contributed by atoms with van der Waals surface area (Å²) in [7, 11) is 0. The maximum atomic E-state index is 3.72. The summed E-state index contributed by atoms with van der Waals surface area (Å²) in [5.41, 5.74) is 8.53. The van der Waals surface area contributed by atoms with Gasteiger partial charge < -0.3 is 0 Å². The Morgan fingerprint density at radius 2 is 1.71 bits per heavy atom. The van der Waals surface area contributed by atoms with E-state index in [1.807, 2.05) is 0 Å². The lowest BCUT2D eigenvalue weighted by atomic mass is 9.83. The summed E-state index contributed by atoms with van der Waals surface area (Å²) in [6, 6.07) is 17.6. The van der Waals surface area contributed by atoms with Crippen LogP contribution in [0, 0.1) is 13.8 Å². The molecule has 2 aliphatic rings. The molecule has 1 N–H and O–H groups in total. The lowest BCUT2D eigenvalue weighted by molar-refractivity contribution is -0.720. The number of imidazole rings is 1. The van der Waals surface area contributed by atoms with E-state index >= 15 is 0 Å². The van der Waals surface area contributed by atoms with Crippen molar-refractivity contribution in [3.63, 3.8) is 0 Å². The van der Waals surface area contributed by atoms with Crippen molar-refractivity contribution in [3.8, 4) is 22.6 Å². The molecule has 2 aromatic carbocycles. The number of fused-ring (bicyclic) bond motifs is 6. The van der Waals surface area contributed by atoms with Gasteiger partial charge in [-0.1, -0.05) is 55.5 Å². The number of hydrogen-bond donors (Lipinski definition) is 1. The molecule has 0 spiro atoms. The van der Waals surface area contributed by atoms with E-state index < -0.39 is 0 Å². The average Bonchev–Trinajstić information content (AvgIpc) is 2.98. The first-order valence-corrected chi connectivity index (χ1v) is 8.78. The molecule has 2 heterocycles. The van der Waals surface area contributed by atoms with Gasteiger partial charge in [-0.15, -0.1) is 0 Å². The second-order valence-electron chi connectivity index (χ2n) is 7.93. The molecule has 5 rings (SSSR count). The Balaban J connectivity index is 1.90. The minimum Gasteiger partial charge on any atom is -0.240 e. The summed E-state index contributed by atoms with van der Waals surface area (Å²) in [4.78, 5) is 3.72. The van der Waals surface area contributed by atoms with Crippen molar-refractivity contribution in [1.29, 1.82) is 0 Å². The van der Waals surface area contributed by atoms with E-state index in [1.54, 1.807) is 0 Å². The van der Waals surface area contributed by atoms with Gasteiger partial charge in [0.2, 0.25) is 0 Å². The summed E-state index contributed by atoms with van der Waals surface area (Å²) >= 11 is 0. The van der Waals surface area contributed by atoms with E-state index in [9.17, 15) is 0 Å². The van der Waals surface area contributed by atoms with Gasteiger partial charge in [-0.25, -0.2) is 9.55 Å². The first-order chi connectivity index (χ1) is 11.5. The zero-order valence-electron chi connectivity index (χ0n) is 14.8. The number of nitrogens with zero attached hydrogens (tertiary/aromatic N) is 1. The zero-order valence-corrected chi connectivity index (χ0v) is 14.8. The molecule has 0 amide bonds. The smallest absolute Gasteiger partial charge is 0.240 e. The largest absolute Gasteiger partial charge is 0.288 e. The van der Waals surface area contributed by atoms with Gasteiger partial charge in [-0.3, -0.25) is 0 Å². The molecule has 1 saturated carbocycles. The molecular formula is C22H23N2+. The van der Waals surface area contributed by atoms with Gasteiger partial charge in [0.1, 0.15) is 11.2 Å². The van der Waals surface area contributed by atoms with Crippen LogP contribution in [-0.2, 0) is 11.0 Å². The predicted molar refractivity (Wildman–Crippen MR) is 97.0 cm³/mol. The van der Waals surface area contributed by atoms with Crippen LogP contribution in [0.2, 0.25) is 0 Å². The molecule has 3 aromatic rings. The standard InChI is InChI=1S/C22H22N2/c1-14-9-8-12-17-18(14)20-23-15(2)19(16-10-6-5-7-11-16)24(20)22(4)13-21(17,22)3/h5-12H,13H2,1-4H3/p+1. The van der Waals surface area contributed by atoms with E-state index in [0.29, 0.717) is 0 Å². The Morgan fingerprint density at radius 1 is 0.958 bits per heavy atom. The van der Waals surface area contributed by atoms with Crippen LogP contribution in [0.4, 0.5) is 0 Å². The van der Waals surface area contributed by atoms with E-state index in [0.717, 1.165) is 0 Å². The lowest BCUT2D eigenvalue weighted by Crippen LogP contribution is -2.53. The molecule has 2 unspecified atom stereocenters. The van der Waals surface area contributed by atoms with Gasteiger partial charge in [-0.05, 0) is 25.0 Å². The van der Waals surface area contributed by atoms with Crippen molar-refractivity contribution in [3.05, 3.63) is 65.4 Å². The van der Waals surface area contributed by atoms with E-state index in [1.165, 1.54) is 45.9 Å². The maximum Gasteiger partial charge on any atom is 0.288 e. The number of aryl methyl sites for hydroxylation is 2. The van der Waals surface area contributed by atoms with Crippen LogP contribution in [0.1, 0.15) is 37.1 Å². The van der Waals surface area contributed by atoms with E-state index in [4.69, 9.17) is 0 Å². The first-order valence-electron chi connectivity index (χ1n) is 8.78. The summed E-state index contributed by atoms with van der Waals surface area (Å²) < 4.78 is 2.59. The summed E-state index contributed by atoms with van der Waals surface area (Å²) in [6.07, 6.45) is 1.20. The summed E-state index contributed by atoms with van der Waals surface area (Å²) in [5.74, 6) is 1.27. The van der Waals surface area contributed by atoms with Crippen LogP contribution in [0.25, 0.3) is 22.6 Å². The number of aromatic amines is 1. The Labute approximate surface area is 143 Å². The Hall–Kier alpha value is -2.35. The van der Waals surface area contributed by atoms with E-state index in [-0.39, 0.29) is 11.0 Å². The van der Waals surface area contributed by atoms with E-state index in [2.05, 4.69) is 85.8 Å². The molecule has 1 aliphatic carbocycles. The topological polar surface area (TPSA) is 19.7 Å². The fraction of sp³-hybridized carbons (Fsp3) is 0.318. The third-order valence-corrected chi connectivity index (χ3v) is 6.51. The second kappa shape index (κ2) is 4.18.